The highest BCUT2D eigenvalue weighted by atomic mass is 16.5. The SMILES string of the molecule is CCN1C(=O)c2cccc3c(-c4cn(-c5ccc(N6CCOc7cc(C)ccc7N7CC78CCOCC7(COCCOC8)CN7c7ccc(C)cc7OCC6)c(OC)c5)nn4)ccc(c23)C1=O. The molecular formula is C52H55N7O8. The number of hydrogen-bond acceptors (Lipinski definition) is 13. The summed E-state index contributed by atoms with van der Waals surface area (Å²) >= 11 is 0. The maximum atomic E-state index is 13.3. The molecule has 1 aromatic heterocycles. The number of methoxy groups -OCH3 is 1. The van der Waals surface area contributed by atoms with Crippen molar-refractivity contribution in [1.29, 1.82) is 0 Å². The highest BCUT2D eigenvalue weighted by molar-refractivity contribution is 6.26. The monoisotopic (exact) mass is 905 g/mol. The van der Waals surface area contributed by atoms with Crippen LogP contribution in [0.3, 0.4) is 0 Å². The fourth-order valence-corrected chi connectivity index (χ4v) is 10.1. The minimum atomic E-state index is -0.292. The predicted molar refractivity (Wildman–Crippen MR) is 255 cm³/mol. The number of ether oxygens (including phenoxy) is 6. The summed E-state index contributed by atoms with van der Waals surface area (Å²) in [6, 6.07) is 28.0. The average Bonchev–Trinajstić information content (AvgIpc) is 4.17. The molecule has 15 nitrogen and oxygen atoms in total. The molecule has 2 unspecified atom stereocenters. The van der Waals surface area contributed by atoms with Crippen molar-refractivity contribution in [3.63, 3.8) is 0 Å². The first-order chi connectivity index (χ1) is 32.7. The lowest BCUT2D eigenvalue weighted by Gasteiger charge is -2.28. The predicted octanol–water partition coefficient (Wildman–Crippen LogP) is 6.88. The Morgan fingerprint density at radius 1 is 0.672 bits per heavy atom. The van der Waals surface area contributed by atoms with Gasteiger partial charge in [-0.2, -0.15) is 0 Å². The van der Waals surface area contributed by atoms with Gasteiger partial charge in [-0.25, -0.2) is 4.68 Å². The number of hydrogen-bond donors (Lipinski definition) is 0. The van der Waals surface area contributed by atoms with Gasteiger partial charge in [0.25, 0.3) is 11.8 Å². The molecule has 0 radical (unpaired) electrons. The summed E-state index contributed by atoms with van der Waals surface area (Å²) in [5.41, 5.74) is 7.83. The summed E-state index contributed by atoms with van der Waals surface area (Å²) in [6.45, 7) is 13.2. The van der Waals surface area contributed by atoms with Crippen molar-refractivity contribution < 1.29 is 38.0 Å². The third-order valence-corrected chi connectivity index (χ3v) is 13.9. The molecule has 346 valence electrons. The van der Waals surface area contributed by atoms with Crippen LogP contribution in [-0.2, 0) is 14.2 Å². The van der Waals surface area contributed by atoms with Crippen molar-refractivity contribution in [3.8, 4) is 34.2 Å². The van der Waals surface area contributed by atoms with E-state index in [2.05, 4.69) is 75.3 Å². The van der Waals surface area contributed by atoms with Gasteiger partial charge in [0, 0.05) is 54.4 Å². The van der Waals surface area contributed by atoms with E-state index in [0.29, 0.717) is 100 Å². The summed E-state index contributed by atoms with van der Waals surface area (Å²) in [7, 11) is 1.67. The standard InChI is InChI=1S/C52H55N7O8/c1-5-56-49(60)39-8-6-7-38-37(12-13-40(48(38)39)50(56)61)41-28-59(54-53-41)36-11-16-42(45(27-36)62-4)55-18-21-66-46-25-34(2)9-14-43(46)57-29-51(57)17-20-63-32-52(33-65-24-23-64-31-51)30-58(52)44-15-10-35(3)26-47(44)67-22-19-55/h6-16,25-28H,5,17-24,29-33H2,1-4H3. The number of carbonyl (C=O) groups is 2. The molecule has 15 heteroatoms. The Hall–Kier alpha value is -6.68. The Bertz CT molecular complexity index is 2790. The third kappa shape index (κ3) is 7.78. The molecule has 2 amide bonds. The van der Waals surface area contributed by atoms with Crippen LogP contribution in [-0.4, -0.2) is 135 Å². The zero-order valence-electron chi connectivity index (χ0n) is 38.5. The summed E-state index contributed by atoms with van der Waals surface area (Å²) in [5.74, 6) is 1.71. The molecule has 0 saturated carbocycles. The van der Waals surface area contributed by atoms with Crippen LogP contribution < -0.4 is 28.9 Å². The van der Waals surface area contributed by atoms with Gasteiger partial charge < -0.3 is 43.1 Å². The van der Waals surface area contributed by atoms with Gasteiger partial charge in [0.15, 0.2) is 0 Å². The molecule has 5 aliphatic rings. The van der Waals surface area contributed by atoms with Crippen LogP contribution in [0.25, 0.3) is 27.7 Å². The Balaban J connectivity index is 0.909. The quantitative estimate of drug-likeness (QED) is 0.132. The van der Waals surface area contributed by atoms with Gasteiger partial charge in [-0.1, -0.05) is 35.5 Å². The molecular weight excluding hydrogens is 851 g/mol. The Labute approximate surface area is 389 Å². The zero-order chi connectivity index (χ0) is 45.9. The molecule has 2 bridgehead atoms. The molecule has 67 heavy (non-hydrogen) atoms. The fraction of sp³-hybridized carbons (Fsp3) is 0.385. The van der Waals surface area contributed by atoms with Crippen LogP contribution in [0.2, 0.25) is 0 Å². The maximum absolute atomic E-state index is 13.3. The normalized spacial score (nSPS) is 22.0. The lowest BCUT2D eigenvalue weighted by molar-refractivity contribution is 0.00361. The second kappa shape index (κ2) is 17.2. The molecule has 2 atom stereocenters. The fourth-order valence-electron chi connectivity index (χ4n) is 10.1. The van der Waals surface area contributed by atoms with Crippen molar-refractivity contribution in [2.75, 3.05) is 107 Å². The van der Waals surface area contributed by atoms with Crippen LogP contribution in [0.5, 0.6) is 17.2 Å². The van der Waals surface area contributed by atoms with E-state index in [-0.39, 0.29) is 22.9 Å². The lowest BCUT2D eigenvalue weighted by Crippen LogP contribution is -2.40. The van der Waals surface area contributed by atoms with Crippen molar-refractivity contribution in [2.45, 2.75) is 38.3 Å². The van der Waals surface area contributed by atoms with Gasteiger partial charge >= 0.3 is 0 Å². The Kier molecular flexibility index (Phi) is 11.0. The molecule has 11 rings (SSSR count). The van der Waals surface area contributed by atoms with Gasteiger partial charge in [-0.3, -0.25) is 14.5 Å². The van der Waals surface area contributed by atoms with Gasteiger partial charge in [0.1, 0.15) is 41.7 Å². The number of carbonyl (C=O) groups excluding carboxylic acids is 2. The van der Waals surface area contributed by atoms with E-state index in [4.69, 9.17) is 28.4 Å². The molecule has 3 fully saturated rings. The first-order valence-corrected chi connectivity index (χ1v) is 23.2. The second-order valence-electron chi connectivity index (χ2n) is 18.3. The minimum Gasteiger partial charge on any atom is -0.495 e. The number of aryl methyl sites for hydroxylation is 2. The third-order valence-electron chi connectivity index (χ3n) is 13.9. The summed E-state index contributed by atoms with van der Waals surface area (Å²) in [4.78, 5) is 34.9. The molecule has 6 heterocycles. The average molecular weight is 906 g/mol. The minimum absolute atomic E-state index is 0.192. The molecule has 5 aromatic carbocycles. The first kappa shape index (κ1) is 42.9. The lowest BCUT2D eigenvalue weighted by atomic mass is 9.90. The topological polar surface area (TPSA) is 133 Å². The molecule has 0 N–H and O–H groups in total. The molecule has 6 aromatic rings. The van der Waals surface area contributed by atoms with Gasteiger partial charge in [0.2, 0.25) is 0 Å². The van der Waals surface area contributed by atoms with Crippen LogP contribution in [0.15, 0.2) is 91.1 Å². The Morgan fingerprint density at radius 2 is 1.28 bits per heavy atom. The number of fused-ring (bicyclic) bond motifs is 7. The first-order valence-electron chi connectivity index (χ1n) is 23.2. The van der Waals surface area contributed by atoms with Crippen molar-refractivity contribution >= 4 is 39.6 Å². The van der Waals surface area contributed by atoms with E-state index in [9.17, 15) is 9.59 Å². The van der Waals surface area contributed by atoms with Gasteiger partial charge in [0.05, 0.1) is 87.7 Å². The Morgan fingerprint density at radius 3 is 1.97 bits per heavy atom. The maximum Gasteiger partial charge on any atom is 0.261 e. The number of rotatable bonds is 5. The number of nitrogens with zero attached hydrogens (tertiary/aromatic N) is 7. The molecule has 0 aliphatic carbocycles. The smallest absolute Gasteiger partial charge is 0.261 e. The summed E-state index contributed by atoms with van der Waals surface area (Å²) in [5, 5.41) is 10.5. The van der Waals surface area contributed by atoms with Crippen LogP contribution in [0.1, 0.15) is 45.2 Å². The van der Waals surface area contributed by atoms with E-state index in [1.54, 1.807) is 30.8 Å². The molecule has 5 aliphatic heterocycles. The number of imide groups is 1. The van der Waals surface area contributed by atoms with Crippen molar-refractivity contribution in [2.24, 2.45) is 0 Å². The molecule has 3 saturated heterocycles. The van der Waals surface area contributed by atoms with E-state index >= 15 is 0 Å². The van der Waals surface area contributed by atoms with Gasteiger partial charge in [-0.05, 0) is 92.2 Å². The van der Waals surface area contributed by atoms with Crippen LogP contribution in [0.4, 0.5) is 17.1 Å². The number of amides is 2. The summed E-state index contributed by atoms with van der Waals surface area (Å²) < 4.78 is 40.4. The van der Waals surface area contributed by atoms with E-state index in [0.717, 1.165) is 75.8 Å². The number of aromatic nitrogens is 3. The highest BCUT2D eigenvalue weighted by Gasteiger charge is 2.56. The largest absolute Gasteiger partial charge is 0.495 e. The number of benzene rings is 5. The van der Waals surface area contributed by atoms with E-state index < -0.39 is 0 Å². The summed E-state index contributed by atoms with van der Waals surface area (Å²) in [6.07, 6.45) is 2.69. The van der Waals surface area contributed by atoms with E-state index in [1.807, 2.05) is 42.6 Å². The van der Waals surface area contributed by atoms with Crippen molar-refractivity contribution in [3.05, 3.63) is 113 Å². The van der Waals surface area contributed by atoms with Crippen LogP contribution in [0, 0.1) is 13.8 Å². The van der Waals surface area contributed by atoms with Gasteiger partial charge in [-0.15, -0.1) is 5.10 Å². The number of anilines is 3. The van der Waals surface area contributed by atoms with Crippen LogP contribution >= 0.6 is 0 Å². The molecule has 2 spiro atoms. The second-order valence-corrected chi connectivity index (χ2v) is 18.3. The van der Waals surface area contributed by atoms with Crippen molar-refractivity contribution in [1.82, 2.24) is 19.9 Å². The van der Waals surface area contributed by atoms with E-state index in [1.165, 1.54) is 4.90 Å². The highest BCUT2D eigenvalue weighted by Crippen LogP contribution is 2.48. The zero-order valence-corrected chi connectivity index (χ0v) is 38.5.